The molecule has 0 radical (unpaired) electrons. The van der Waals surface area contributed by atoms with Crippen LogP contribution in [0, 0.1) is 13.8 Å². The van der Waals surface area contributed by atoms with Crippen molar-refractivity contribution >= 4 is 46.3 Å². The third-order valence-corrected chi connectivity index (χ3v) is 5.63. The predicted octanol–water partition coefficient (Wildman–Crippen LogP) is 5.38. The minimum absolute atomic E-state index is 0.334. The summed E-state index contributed by atoms with van der Waals surface area (Å²) < 4.78 is 2.07. The monoisotopic (exact) mass is 409 g/mol. The van der Waals surface area contributed by atoms with Crippen LogP contribution < -0.4 is 4.90 Å². The van der Waals surface area contributed by atoms with E-state index in [2.05, 4.69) is 9.55 Å². The molecule has 3 aromatic rings. The van der Waals surface area contributed by atoms with Crippen molar-refractivity contribution in [1.82, 2.24) is 9.55 Å². The summed E-state index contributed by atoms with van der Waals surface area (Å²) in [5, 5.41) is 0.139. The second kappa shape index (κ2) is 7.30. The average Bonchev–Trinajstić information content (AvgIpc) is 3.11. The molecule has 1 aliphatic heterocycles. The van der Waals surface area contributed by atoms with E-state index in [-0.39, 0.29) is 11.1 Å². The zero-order valence-electron chi connectivity index (χ0n) is 15.2. The molecule has 1 fully saturated rings. The molecular weight excluding hydrogens is 394 g/mol. The van der Waals surface area contributed by atoms with Gasteiger partial charge in [-0.1, -0.05) is 17.7 Å². The van der Waals surface area contributed by atoms with Gasteiger partial charge in [-0.25, -0.2) is 4.90 Å². The third kappa shape index (κ3) is 3.25. The number of benzene rings is 1. The minimum atomic E-state index is -0.344. The van der Waals surface area contributed by atoms with Crippen molar-refractivity contribution in [3.05, 3.63) is 81.7 Å². The Kier molecular flexibility index (Phi) is 4.83. The number of pyridine rings is 1. The van der Waals surface area contributed by atoms with Crippen molar-refractivity contribution in [3.8, 4) is 5.69 Å². The Morgan fingerprint density at radius 2 is 1.86 bits per heavy atom. The van der Waals surface area contributed by atoms with Crippen LogP contribution in [0.25, 0.3) is 11.8 Å². The third-order valence-electron chi connectivity index (χ3n) is 4.52. The molecule has 2 aromatic heterocycles. The van der Waals surface area contributed by atoms with Crippen LogP contribution in [0.4, 0.5) is 10.5 Å². The van der Waals surface area contributed by atoms with Crippen molar-refractivity contribution in [3.63, 3.8) is 0 Å². The van der Waals surface area contributed by atoms with Crippen LogP contribution >= 0.6 is 23.4 Å². The molecule has 0 bridgehead atoms. The van der Waals surface area contributed by atoms with Gasteiger partial charge in [0, 0.05) is 22.6 Å². The van der Waals surface area contributed by atoms with Gasteiger partial charge in [-0.3, -0.25) is 14.6 Å². The first-order valence-electron chi connectivity index (χ1n) is 8.58. The highest BCUT2D eigenvalue weighted by molar-refractivity contribution is 8.19. The summed E-state index contributed by atoms with van der Waals surface area (Å²) in [7, 11) is 0. The summed E-state index contributed by atoms with van der Waals surface area (Å²) >= 11 is 6.94. The summed E-state index contributed by atoms with van der Waals surface area (Å²) in [4.78, 5) is 31.0. The van der Waals surface area contributed by atoms with Gasteiger partial charge in [0.2, 0.25) is 0 Å². The van der Waals surface area contributed by atoms with Crippen LogP contribution in [0.5, 0.6) is 0 Å². The highest BCUT2D eigenvalue weighted by atomic mass is 35.5. The Hall–Kier alpha value is -2.83. The molecule has 3 heterocycles. The first-order valence-corrected chi connectivity index (χ1v) is 9.78. The van der Waals surface area contributed by atoms with Gasteiger partial charge in [-0.15, -0.1) is 0 Å². The fourth-order valence-corrected chi connectivity index (χ4v) is 4.28. The lowest BCUT2D eigenvalue weighted by atomic mass is 10.2. The van der Waals surface area contributed by atoms with Crippen molar-refractivity contribution in [2.75, 3.05) is 4.90 Å². The van der Waals surface area contributed by atoms with Crippen molar-refractivity contribution in [2.24, 2.45) is 0 Å². The van der Waals surface area contributed by atoms with Crippen LogP contribution in [0.15, 0.2) is 59.8 Å². The van der Waals surface area contributed by atoms with E-state index in [1.807, 2.05) is 32.0 Å². The zero-order chi connectivity index (χ0) is 19.8. The number of carbonyl (C=O) groups is 2. The quantitative estimate of drug-likeness (QED) is 0.544. The fraction of sp³-hybridized carbons (Fsp3) is 0.0952. The highest BCUT2D eigenvalue weighted by Gasteiger charge is 2.36. The van der Waals surface area contributed by atoms with Crippen LogP contribution in [0.1, 0.15) is 17.0 Å². The Morgan fingerprint density at radius 1 is 1.07 bits per heavy atom. The molecule has 140 valence electrons. The van der Waals surface area contributed by atoms with Crippen LogP contribution in [0.3, 0.4) is 0 Å². The van der Waals surface area contributed by atoms with Crippen molar-refractivity contribution in [2.45, 2.75) is 13.8 Å². The molecule has 1 aromatic carbocycles. The number of hydrogen-bond acceptors (Lipinski definition) is 4. The van der Waals surface area contributed by atoms with E-state index in [0.717, 1.165) is 39.3 Å². The van der Waals surface area contributed by atoms with Crippen molar-refractivity contribution < 1.29 is 9.59 Å². The van der Waals surface area contributed by atoms with E-state index in [9.17, 15) is 9.59 Å². The molecule has 7 heteroatoms. The van der Waals surface area contributed by atoms with Crippen LogP contribution in [-0.4, -0.2) is 20.7 Å². The number of anilines is 1. The van der Waals surface area contributed by atoms with Crippen molar-refractivity contribution in [1.29, 1.82) is 0 Å². The first kappa shape index (κ1) is 18.5. The van der Waals surface area contributed by atoms with Crippen LogP contribution in [0.2, 0.25) is 5.02 Å². The summed E-state index contributed by atoms with van der Waals surface area (Å²) in [6, 6.07) is 12.6. The molecule has 2 amide bonds. The number of aromatic nitrogens is 2. The molecule has 0 N–H and O–H groups in total. The highest BCUT2D eigenvalue weighted by Crippen LogP contribution is 2.37. The van der Waals surface area contributed by atoms with Gasteiger partial charge in [-0.2, -0.15) is 0 Å². The Morgan fingerprint density at radius 3 is 2.57 bits per heavy atom. The van der Waals surface area contributed by atoms with E-state index in [1.54, 1.807) is 42.7 Å². The Balaban J connectivity index is 1.71. The lowest BCUT2D eigenvalue weighted by molar-refractivity contribution is -0.113. The summed E-state index contributed by atoms with van der Waals surface area (Å²) in [5.74, 6) is -0.344. The maximum Gasteiger partial charge on any atom is 0.298 e. The SMILES string of the molecule is Cc1cc(/C=C2/SC(=O)N(c3cccc(Cl)c3)C2=O)c(C)n1-c1cccnc1. The van der Waals surface area contributed by atoms with Gasteiger partial charge in [0.05, 0.1) is 22.5 Å². The van der Waals surface area contributed by atoms with Gasteiger partial charge in [0.15, 0.2) is 0 Å². The molecule has 1 aliphatic rings. The summed E-state index contributed by atoms with van der Waals surface area (Å²) in [6.45, 7) is 3.97. The molecule has 0 aliphatic carbocycles. The smallest absolute Gasteiger partial charge is 0.298 e. The summed E-state index contributed by atoms with van der Waals surface area (Å²) in [5.41, 5.74) is 4.30. The van der Waals surface area contributed by atoms with E-state index in [1.165, 1.54) is 0 Å². The Bertz CT molecular complexity index is 1120. The number of halogens is 1. The number of thioether (sulfide) groups is 1. The molecule has 0 saturated carbocycles. The number of amides is 2. The average molecular weight is 410 g/mol. The molecule has 1 saturated heterocycles. The van der Waals surface area contributed by atoms with Gasteiger partial charge in [-0.05, 0) is 73.6 Å². The molecule has 0 atom stereocenters. The van der Waals surface area contributed by atoms with Gasteiger partial charge in [0.1, 0.15) is 0 Å². The largest absolute Gasteiger partial charge is 0.316 e. The first-order chi connectivity index (χ1) is 13.5. The Labute approximate surface area is 171 Å². The van der Waals surface area contributed by atoms with Gasteiger partial charge >= 0.3 is 0 Å². The zero-order valence-corrected chi connectivity index (χ0v) is 16.8. The van der Waals surface area contributed by atoms with Gasteiger partial charge in [0.25, 0.3) is 11.1 Å². The molecule has 28 heavy (non-hydrogen) atoms. The molecule has 0 unspecified atom stereocenters. The molecule has 0 spiro atoms. The standard InChI is InChI=1S/C21H16ClN3O2S/c1-13-9-15(14(2)24(13)18-7-4-8-23-12-18)10-19-20(26)25(21(27)28-19)17-6-3-5-16(22)11-17/h3-12H,1-2H3/b19-10+. The number of imide groups is 1. The fourth-order valence-electron chi connectivity index (χ4n) is 3.26. The van der Waals surface area contributed by atoms with Gasteiger partial charge < -0.3 is 4.57 Å². The molecular formula is C21H16ClN3O2S. The number of rotatable bonds is 3. The number of carbonyl (C=O) groups excluding carboxylic acids is 2. The van der Waals surface area contributed by atoms with Crippen LogP contribution in [-0.2, 0) is 4.79 Å². The minimum Gasteiger partial charge on any atom is -0.316 e. The normalized spacial score (nSPS) is 15.7. The van der Waals surface area contributed by atoms with E-state index in [0.29, 0.717) is 15.6 Å². The second-order valence-corrected chi connectivity index (χ2v) is 7.80. The topological polar surface area (TPSA) is 55.2 Å². The second-order valence-electron chi connectivity index (χ2n) is 6.37. The lowest BCUT2D eigenvalue weighted by Gasteiger charge is -2.12. The molecule has 5 nitrogen and oxygen atoms in total. The lowest BCUT2D eigenvalue weighted by Crippen LogP contribution is -2.27. The summed E-state index contributed by atoms with van der Waals surface area (Å²) in [6.07, 6.45) is 5.28. The number of aryl methyl sites for hydroxylation is 1. The maximum atomic E-state index is 12.9. The van der Waals surface area contributed by atoms with E-state index in [4.69, 9.17) is 11.6 Å². The molecule has 4 rings (SSSR count). The number of hydrogen-bond donors (Lipinski definition) is 0. The predicted molar refractivity (Wildman–Crippen MR) is 113 cm³/mol. The van der Waals surface area contributed by atoms with E-state index < -0.39 is 0 Å². The van der Waals surface area contributed by atoms with E-state index >= 15 is 0 Å². The maximum absolute atomic E-state index is 12.9. The number of nitrogens with zero attached hydrogens (tertiary/aromatic N) is 3.